The van der Waals surface area contributed by atoms with Gasteiger partial charge in [0.05, 0.1) is 6.61 Å². The van der Waals surface area contributed by atoms with Crippen molar-refractivity contribution in [2.75, 3.05) is 13.7 Å². The number of amides is 1. The number of carbonyl (C=O) groups excluding carboxylic acids is 1. The number of rotatable bonds is 4. The molecule has 0 heterocycles. The van der Waals surface area contributed by atoms with E-state index >= 15 is 0 Å². The highest BCUT2D eigenvalue weighted by molar-refractivity contribution is 5.66. The second-order valence-electron chi connectivity index (χ2n) is 4.40. The predicted octanol–water partition coefficient (Wildman–Crippen LogP) is 2.56. The summed E-state index contributed by atoms with van der Waals surface area (Å²) in [7, 11) is 1.57. The molecule has 0 bridgehead atoms. The summed E-state index contributed by atoms with van der Waals surface area (Å²) in [6, 6.07) is 0. The van der Waals surface area contributed by atoms with Crippen molar-refractivity contribution in [3.05, 3.63) is 0 Å². The number of hydrogen-bond acceptors (Lipinski definition) is 2. The molecule has 3 heteroatoms. The van der Waals surface area contributed by atoms with Crippen molar-refractivity contribution in [3.63, 3.8) is 0 Å². The van der Waals surface area contributed by atoms with E-state index in [0.717, 1.165) is 12.8 Å². The fourth-order valence-corrected chi connectivity index (χ4v) is 0.994. The van der Waals surface area contributed by atoms with E-state index in [0.29, 0.717) is 12.0 Å². The highest BCUT2D eigenvalue weighted by atomic mass is 16.5. The van der Waals surface area contributed by atoms with Gasteiger partial charge in [-0.1, -0.05) is 20.8 Å². The van der Waals surface area contributed by atoms with Crippen LogP contribution in [-0.4, -0.2) is 19.7 Å². The highest BCUT2D eigenvalue weighted by Gasteiger charge is 2.08. The Labute approximate surface area is 80.8 Å². The van der Waals surface area contributed by atoms with Crippen LogP contribution in [-0.2, 0) is 4.74 Å². The van der Waals surface area contributed by atoms with Crippen LogP contribution in [0.5, 0.6) is 0 Å². The third-order valence-corrected chi connectivity index (χ3v) is 1.76. The third-order valence-electron chi connectivity index (χ3n) is 1.76. The molecule has 13 heavy (non-hydrogen) atoms. The van der Waals surface area contributed by atoms with E-state index < -0.39 is 0 Å². The number of unbranched alkanes of at least 4 members (excludes halogenated alkanes) is 1. The second kappa shape index (κ2) is 5.84. The Hall–Kier alpha value is -0.730. The van der Waals surface area contributed by atoms with E-state index in [4.69, 9.17) is 4.74 Å². The molecule has 0 unspecified atom stereocenters. The highest BCUT2D eigenvalue weighted by Crippen LogP contribution is 2.21. The van der Waals surface area contributed by atoms with Crippen LogP contribution >= 0.6 is 0 Å². The van der Waals surface area contributed by atoms with Gasteiger partial charge < -0.3 is 10.1 Å². The molecule has 0 aliphatic heterocycles. The Balaban J connectivity index is 3.22. The van der Waals surface area contributed by atoms with Crippen molar-refractivity contribution >= 4 is 6.09 Å². The van der Waals surface area contributed by atoms with Crippen molar-refractivity contribution in [2.45, 2.75) is 40.0 Å². The molecular weight excluding hydrogens is 166 g/mol. The molecule has 0 fully saturated rings. The minimum absolute atomic E-state index is 0.337. The van der Waals surface area contributed by atoms with Crippen LogP contribution in [0.4, 0.5) is 4.79 Å². The standard InChI is InChI=1S/C10H21NO2/c1-10(2,3)7-5-6-8-13-9(12)11-4/h5-8H2,1-4H3,(H,11,12). The molecule has 0 aliphatic carbocycles. The zero-order valence-corrected chi connectivity index (χ0v) is 9.14. The van der Waals surface area contributed by atoms with Crippen LogP contribution in [0.25, 0.3) is 0 Å². The first-order chi connectivity index (χ1) is 5.95. The van der Waals surface area contributed by atoms with Crippen LogP contribution in [0.3, 0.4) is 0 Å². The molecule has 1 amide bonds. The summed E-state index contributed by atoms with van der Waals surface area (Å²) >= 11 is 0. The lowest BCUT2D eigenvalue weighted by molar-refractivity contribution is 0.145. The van der Waals surface area contributed by atoms with Crippen molar-refractivity contribution in [1.29, 1.82) is 0 Å². The van der Waals surface area contributed by atoms with Crippen molar-refractivity contribution in [1.82, 2.24) is 5.32 Å². The molecule has 0 aliphatic rings. The summed E-state index contributed by atoms with van der Waals surface area (Å²) in [6.07, 6.45) is 2.89. The average Bonchev–Trinajstić information content (AvgIpc) is 2.01. The Kier molecular flexibility index (Phi) is 5.51. The Morgan fingerprint density at radius 3 is 2.38 bits per heavy atom. The molecule has 78 valence electrons. The molecule has 0 rings (SSSR count). The van der Waals surface area contributed by atoms with Gasteiger partial charge in [0.15, 0.2) is 0 Å². The largest absolute Gasteiger partial charge is 0.450 e. The fraction of sp³-hybridized carbons (Fsp3) is 0.900. The first kappa shape index (κ1) is 12.3. The van der Waals surface area contributed by atoms with Gasteiger partial charge >= 0.3 is 6.09 Å². The van der Waals surface area contributed by atoms with Gasteiger partial charge in [-0.2, -0.15) is 0 Å². The summed E-state index contributed by atoms with van der Waals surface area (Å²) in [4.78, 5) is 10.6. The maximum atomic E-state index is 10.6. The third kappa shape index (κ3) is 9.18. The fourth-order valence-electron chi connectivity index (χ4n) is 0.994. The molecule has 0 spiro atoms. The van der Waals surface area contributed by atoms with Crippen LogP contribution in [0.15, 0.2) is 0 Å². The summed E-state index contributed by atoms with van der Waals surface area (Å²) in [5.74, 6) is 0. The van der Waals surface area contributed by atoms with Crippen molar-refractivity contribution < 1.29 is 9.53 Å². The van der Waals surface area contributed by atoms with Gasteiger partial charge in [-0.05, 0) is 24.7 Å². The maximum absolute atomic E-state index is 10.6. The smallest absolute Gasteiger partial charge is 0.406 e. The van der Waals surface area contributed by atoms with Gasteiger partial charge in [0, 0.05) is 7.05 Å². The molecular formula is C10H21NO2. The minimum Gasteiger partial charge on any atom is -0.450 e. The van der Waals surface area contributed by atoms with Crippen LogP contribution in [0.1, 0.15) is 40.0 Å². The number of ether oxygens (including phenoxy) is 1. The Morgan fingerprint density at radius 2 is 1.92 bits per heavy atom. The number of alkyl carbamates (subject to hydrolysis) is 1. The van der Waals surface area contributed by atoms with Crippen molar-refractivity contribution in [2.24, 2.45) is 5.41 Å². The van der Waals surface area contributed by atoms with E-state index in [1.165, 1.54) is 6.42 Å². The Morgan fingerprint density at radius 1 is 1.31 bits per heavy atom. The minimum atomic E-state index is -0.337. The van der Waals surface area contributed by atoms with Gasteiger partial charge in [0.2, 0.25) is 0 Å². The topological polar surface area (TPSA) is 38.3 Å². The normalized spacial score (nSPS) is 11.1. The van der Waals surface area contributed by atoms with Crippen LogP contribution < -0.4 is 5.32 Å². The number of hydrogen-bond donors (Lipinski definition) is 1. The van der Waals surface area contributed by atoms with E-state index in [1.54, 1.807) is 7.05 Å². The van der Waals surface area contributed by atoms with Gasteiger partial charge in [0.25, 0.3) is 0 Å². The van der Waals surface area contributed by atoms with Gasteiger partial charge in [-0.3, -0.25) is 0 Å². The van der Waals surface area contributed by atoms with E-state index in [1.807, 2.05) is 0 Å². The zero-order valence-electron chi connectivity index (χ0n) is 9.14. The molecule has 1 N–H and O–H groups in total. The van der Waals surface area contributed by atoms with Crippen molar-refractivity contribution in [3.8, 4) is 0 Å². The molecule has 3 nitrogen and oxygen atoms in total. The van der Waals surface area contributed by atoms with Gasteiger partial charge in [-0.15, -0.1) is 0 Å². The first-order valence-corrected chi connectivity index (χ1v) is 4.80. The summed E-state index contributed by atoms with van der Waals surface area (Å²) in [6.45, 7) is 7.17. The van der Waals surface area contributed by atoms with Crippen LogP contribution in [0.2, 0.25) is 0 Å². The number of carbonyl (C=O) groups is 1. The van der Waals surface area contributed by atoms with E-state index in [9.17, 15) is 4.79 Å². The lowest BCUT2D eigenvalue weighted by atomic mass is 9.90. The predicted molar refractivity (Wildman–Crippen MR) is 53.7 cm³/mol. The molecule has 0 aromatic rings. The second-order valence-corrected chi connectivity index (χ2v) is 4.40. The molecule has 0 aromatic heterocycles. The molecule has 0 saturated heterocycles. The van der Waals surface area contributed by atoms with Crippen LogP contribution in [0, 0.1) is 5.41 Å². The number of nitrogens with one attached hydrogen (secondary N) is 1. The van der Waals surface area contributed by atoms with Gasteiger partial charge in [-0.25, -0.2) is 4.79 Å². The molecule has 0 atom stereocenters. The Bertz CT molecular complexity index is 149. The lowest BCUT2D eigenvalue weighted by Crippen LogP contribution is -2.19. The summed E-state index contributed by atoms with van der Waals surface area (Å²) in [5.41, 5.74) is 0.382. The molecule has 0 radical (unpaired) electrons. The SMILES string of the molecule is CNC(=O)OCCCCC(C)(C)C. The molecule has 0 saturated carbocycles. The first-order valence-electron chi connectivity index (χ1n) is 4.80. The van der Waals surface area contributed by atoms with E-state index in [-0.39, 0.29) is 6.09 Å². The maximum Gasteiger partial charge on any atom is 0.406 e. The quantitative estimate of drug-likeness (QED) is 0.687. The summed E-state index contributed by atoms with van der Waals surface area (Å²) in [5, 5.41) is 2.41. The lowest BCUT2D eigenvalue weighted by Gasteiger charge is -2.17. The van der Waals surface area contributed by atoms with E-state index in [2.05, 4.69) is 26.1 Å². The van der Waals surface area contributed by atoms with Gasteiger partial charge in [0.1, 0.15) is 0 Å². The summed E-state index contributed by atoms with van der Waals surface area (Å²) < 4.78 is 4.86. The molecule has 0 aromatic carbocycles. The average molecular weight is 187 g/mol. The monoisotopic (exact) mass is 187 g/mol. The zero-order chi connectivity index (χ0) is 10.3.